The number of esters is 1. The Morgan fingerprint density at radius 2 is 2.17 bits per heavy atom. The number of carbonyl (C=O) groups is 2. The summed E-state index contributed by atoms with van der Waals surface area (Å²) in [5.74, 6) is 0.0952. The first-order valence-corrected chi connectivity index (χ1v) is 7.30. The van der Waals surface area contributed by atoms with Crippen molar-refractivity contribution in [3.05, 3.63) is 47.9 Å². The molecule has 3 rings (SSSR count). The number of ether oxygens (including phenoxy) is 2. The van der Waals surface area contributed by atoms with Crippen molar-refractivity contribution in [3.8, 4) is 5.75 Å². The number of cyclic esters (lactones) is 1. The van der Waals surface area contributed by atoms with Gasteiger partial charge in [-0.15, -0.1) is 0 Å². The fraction of sp³-hybridized carbons (Fsp3) is 0.294. The number of methoxy groups -OCH3 is 1. The van der Waals surface area contributed by atoms with Crippen LogP contribution in [0, 0.1) is 6.92 Å². The molecule has 120 valence electrons. The minimum Gasteiger partial charge on any atom is -0.497 e. The SMILES string of the molecule is COc1ccc(N(C(=O)c2ccco2)C2CCOC2=O)c(C)c1. The minimum atomic E-state index is -0.653. The van der Waals surface area contributed by atoms with Gasteiger partial charge in [0.15, 0.2) is 5.76 Å². The molecule has 6 nitrogen and oxygen atoms in total. The summed E-state index contributed by atoms with van der Waals surface area (Å²) < 4.78 is 15.4. The molecule has 0 saturated carbocycles. The maximum atomic E-state index is 12.8. The van der Waals surface area contributed by atoms with Crippen LogP contribution in [0.2, 0.25) is 0 Å². The van der Waals surface area contributed by atoms with Gasteiger partial charge in [0, 0.05) is 12.1 Å². The maximum absolute atomic E-state index is 12.8. The molecule has 1 aliphatic rings. The number of furan rings is 1. The highest BCUT2D eigenvalue weighted by Crippen LogP contribution is 2.30. The Hall–Kier alpha value is -2.76. The molecule has 1 amide bonds. The molecular formula is C17H17NO5. The molecule has 0 radical (unpaired) electrons. The Morgan fingerprint density at radius 3 is 2.74 bits per heavy atom. The molecule has 1 unspecified atom stereocenters. The predicted octanol–water partition coefficient (Wildman–Crippen LogP) is 2.56. The lowest BCUT2D eigenvalue weighted by molar-refractivity contribution is -0.139. The van der Waals surface area contributed by atoms with E-state index < -0.39 is 12.0 Å². The first kappa shape index (κ1) is 15.1. The van der Waals surface area contributed by atoms with Gasteiger partial charge in [0.1, 0.15) is 11.8 Å². The topological polar surface area (TPSA) is 69.0 Å². The molecule has 1 atom stereocenters. The second-order valence-corrected chi connectivity index (χ2v) is 5.28. The Bertz CT molecular complexity index is 723. The number of hydrogen-bond acceptors (Lipinski definition) is 5. The number of amides is 1. The van der Waals surface area contributed by atoms with Gasteiger partial charge < -0.3 is 13.9 Å². The summed E-state index contributed by atoms with van der Waals surface area (Å²) in [6.07, 6.45) is 1.88. The van der Waals surface area contributed by atoms with Gasteiger partial charge in [0.25, 0.3) is 5.91 Å². The van der Waals surface area contributed by atoms with Crippen molar-refractivity contribution >= 4 is 17.6 Å². The molecule has 0 N–H and O–H groups in total. The van der Waals surface area contributed by atoms with Crippen molar-refractivity contribution in [3.63, 3.8) is 0 Å². The average Bonchev–Trinajstić information content (AvgIpc) is 3.21. The van der Waals surface area contributed by atoms with Crippen LogP contribution in [-0.4, -0.2) is 31.6 Å². The third-order valence-electron chi connectivity index (χ3n) is 3.83. The third kappa shape index (κ3) is 2.79. The highest BCUT2D eigenvalue weighted by molar-refractivity contribution is 6.08. The highest BCUT2D eigenvalue weighted by Gasteiger charge is 2.38. The van der Waals surface area contributed by atoms with Crippen LogP contribution in [0.25, 0.3) is 0 Å². The van der Waals surface area contributed by atoms with Gasteiger partial charge in [-0.25, -0.2) is 4.79 Å². The molecule has 23 heavy (non-hydrogen) atoms. The lowest BCUT2D eigenvalue weighted by atomic mass is 10.1. The smallest absolute Gasteiger partial charge is 0.329 e. The van der Waals surface area contributed by atoms with E-state index in [0.717, 1.165) is 5.56 Å². The van der Waals surface area contributed by atoms with Gasteiger partial charge >= 0.3 is 5.97 Å². The van der Waals surface area contributed by atoms with E-state index in [4.69, 9.17) is 13.9 Å². The zero-order valence-corrected chi connectivity index (χ0v) is 12.9. The van der Waals surface area contributed by atoms with E-state index in [9.17, 15) is 9.59 Å². The zero-order chi connectivity index (χ0) is 16.4. The van der Waals surface area contributed by atoms with Gasteiger partial charge in [-0.3, -0.25) is 9.69 Å². The molecule has 1 fully saturated rings. The van der Waals surface area contributed by atoms with Gasteiger partial charge in [0.05, 0.1) is 20.0 Å². The van der Waals surface area contributed by atoms with Crippen molar-refractivity contribution in [2.45, 2.75) is 19.4 Å². The number of rotatable bonds is 4. The number of aryl methyl sites for hydroxylation is 1. The Balaban J connectivity index is 2.04. The molecule has 0 spiro atoms. The fourth-order valence-electron chi connectivity index (χ4n) is 2.68. The van der Waals surface area contributed by atoms with E-state index >= 15 is 0 Å². The van der Waals surface area contributed by atoms with E-state index in [1.807, 2.05) is 13.0 Å². The van der Waals surface area contributed by atoms with Gasteiger partial charge in [0.2, 0.25) is 0 Å². The molecule has 1 aliphatic heterocycles. The summed E-state index contributed by atoms with van der Waals surface area (Å²) in [6, 6.07) is 7.90. The van der Waals surface area contributed by atoms with Crippen molar-refractivity contribution in [1.29, 1.82) is 0 Å². The van der Waals surface area contributed by atoms with Crippen LogP contribution in [-0.2, 0) is 9.53 Å². The van der Waals surface area contributed by atoms with Crippen LogP contribution in [0.5, 0.6) is 5.75 Å². The lowest BCUT2D eigenvalue weighted by Gasteiger charge is -2.27. The fourth-order valence-corrected chi connectivity index (χ4v) is 2.68. The largest absolute Gasteiger partial charge is 0.497 e. The Labute approximate surface area is 133 Å². The van der Waals surface area contributed by atoms with Crippen molar-refractivity contribution in [2.24, 2.45) is 0 Å². The highest BCUT2D eigenvalue weighted by atomic mass is 16.5. The first-order chi connectivity index (χ1) is 11.1. The van der Waals surface area contributed by atoms with Crippen LogP contribution in [0.3, 0.4) is 0 Å². The number of nitrogens with zero attached hydrogens (tertiary/aromatic N) is 1. The molecule has 0 aliphatic carbocycles. The summed E-state index contributed by atoms with van der Waals surface area (Å²) in [7, 11) is 1.58. The summed E-state index contributed by atoms with van der Waals surface area (Å²) in [5, 5.41) is 0. The normalized spacial score (nSPS) is 17.0. The Morgan fingerprint density at radius 1 is 1.35 bits per heavy atom. The van der Waals surface area contributed by atoms with E-state index in [0.29, 0.717) is 24.5 Å². The van der Waals surface area contributed by atoms with Gasteiger partial charge in [-0.05, 0) is 42.8 Å². The number of anilines is 1. The quantitative estimate of drug-likeness (QED) is 0.811. The average molecular weight is 315 g/mol. The third-order valence-corrected chi connectivity index (χ3v) is 3.83. The van der Waals surface area contributed by atoms with E-state index in [-0.39, 0.29) is 11.7 Å². The van der Waals surface area contributed by atoms with Crippen LogP contribution in [0.15, 0.2) is 41.0 Å². The predicted molar refractivity (Wildman–Crippen MR) is 82.6 cm³/mol. The summed E-state index contributed by atoms with van der Waals surface area (Å²) in [4.78, 5) is 26.3. The van der Waals surface area contributed by atoms with Crippen LogP contribution >= 0.6 is 0 Å². The molecule has 6 heteroatoms. The number of benzene rings is 1. The lowest BCUT2D eigenvalue weighted by Crippen LogP contribution is -2.43. The summed E-state index contributed by atoms with van der Waals surface area (Å²) in [5.41, 5.74) is 1.46. The van der Waals surface area contributed by atoms with Gasteiger partial charge in [-0.1, -0.05) is 0 Å². The monoisotopic (exact) mass is 315 g/mol. The van der Waals surface area contributed by atoms with E-state index in [1.54, 1.807) is 31.4 Å². The Kier molecular flexibility index (Phi) is 4.06. The number of carbonyl (C=O) groups excluding carboxylic acids is 2. The summed E-state index contributed by atoms with van der Waals surface area (Å²) in [6.45, 7) is 2.17. The van der Waals surface area contributed by atoms with Crippen molar-refractivity contribution in [2.75, 3.05) is 18.6 Å². The molecule has 1 aromatic heterocycles. The molecule has 2 heterocycles. The van der Waals surface area contributed by atoms with Gasteiger partial charge in [-0.2, -0.15) is 0 Å². The van der Waals surface area contributed by atoms with Crippen molar-refractivity contribution in [1.82, 2.24) is 0 Å². The molecule has 0 bridgehead atoms. The standard InChI is InChI=1S/C17H17NO5/c1-11-10-12(21-2)5-6-13(11)18(14-7-9-23-17(14)20)16(19)15-4-3-8-22-15/h3-6,8,10,14H,7,9H2,1-2H3. The van der Waals surface area contributed by atoms with E-state index in [1.165, 1.54) is 11.2 Å². The van der Waals surface area contributed by atoms with E-state index in [2.05, 4.69) is 0 Å². The molecule has 1 saturated heterocycles. The molecule has 2 aromatic rings. The molecule has 1 aromatic carbocycles. The maximum Gasteiger partial charge on any atom is 0.329 e. The minimum absolute atomic E-state index is 0.180. The second kappa shape index (κ2) is 6.16. The first-order valence-electron chi connectivity index (χ1n) is 7.30. The molecular weight excluding hydrogens is 298 g/mol. The summed E-state index contributed by atoms with van der Waals surface area (Å²) >= 11 is 0. The van der Waals surface area contributed by atoms with Crippen LogP contribution in [0.4, 0.5) is 5.69 Å². The zero-order valence-electron chi connectivity index (χ0n) is 12.9. The van der Waals surface area contributed by atoms with Crippen LogP contribution in [0.1, 0.15) is 22.5 Å². The number of hydrogen-bond donors (Lipinski definition) is 0. The van der Waals surface area contributed by atoms with Crippen molar-refractivity contribution < 1.29 is 23.5 Å². The van der Waals surface area contributed by atoms with Crippen LogP contribution < -0.4 is 9.64 Å². The second-order valence-electron chi connectivity index (χ2n) is 5.28.